The van der Waals surface area contributed by atoms with Crippen molar-refractivity contribution in [1.82, 2.24) is 0 Å². The largest absolute Gasteiger partial charge is 0.379 e. The molecule has 0 bridgehead atoms. The van der Waals surface area contributed by atoms with Gasteiger partial charge in [0.2, 0.25) is 0 Å². The summed E-state index contributed by atoms with van der Waals surface area (Å²) in [6.07, 6.45) is 2.34. The Balaban J connectivity index is 2.34. The van der Waals surface area contributed by atoms with Gasteiger partial charge in [-0.3, -0.25) is 0 Å². The second-order valence-electron chi connectivity index (χ2n) is 5.64. The molecule has 1 atom stereocenters. The van der Waals surface area contributed by atoms with E-state index < -0.39 is 0 Å². The van der Waals surface area contributed by atoms with Crippen molar-refractivity contribution in [1.29, 1.82) is 0 Å². The molecule has 0 aliphatic heterocycles. The van der Waals surface area contributed by atoms with E-state index in [-0.39, 0.29) is 6.04 Å². The normalized spacial score (nSPS) is 13.0. The first-order chi connectivity index (χ1) is 8.49. The van der Waals surface area contributed by atoms with Crippen LogP contribution in [0.15, 0.2) is 18.2 Å². The lowest BCUT2D eigenvalue weighted by molar-refractivity contribution is 0.115. The van der Waals surface area contributed by atoms with Crippen LogP contribution in [0.1, 0.15) is 49.4 Å². The van der Waals surface area contributed by atoms with Crippen molar-refractivity contribution >= 4 is 0 Å². The molecule has 0 saturated carbocycles. The van der Waals surface area contributed by atoms with Crippen molar-refractivity contribution in [3.05, 3.63) is 34.9 Å². The van der Waals surface area contributed by atoms with E-state index in [1.54, 1.807) is 0 Å². The maximum atomic E-state index is 6.15. The molecule has 0 radical (unpaired) electrons. The fourth-order valence-corrected chi connectivity index (χ4v) is 2.12. The van der Waals surface area contributed by atoms with E-state index in [4.69, 9.17) is 10.5 Å². The summed E-state index contributed by atoms with van der Waals surface area (Å²) in [7, 11) is 0. The minimum Gasteiger partial charge on any atom is -0.379 e. The molecule has 18 heavy (non-hydrogen) atoms. The zero-order chi connectivity index (χ0) is 13.5. The maximum absolute atomic E-state index is 6.15. The van der Waals surface area contributed by atoms with Crippen molar-refractivity contribution in [2.24, 2.45) is 11.7 Å². The van der Waals surface area contributed by atoms with Crippen LogP contribution in [0.4, 0.5) is 0 Å². The quantitative estimate of drug-likeness (QED) is 0.747. The summed E-state index contributed by atoms with van der Waals surface area (Å²) in [4.78, 5) is 0. The molecular weight excluding hydrogens is 222 g/mol. The second kappa shape index (κ2) is 7.55. The molecule has 0 aromatic heterocycles. The predicted molar refractivity (Wildman–Crippen MR) is 77.7 cm³/mol. The zero-order valence-corrected chi connectivity index (χ0v) is 12.2. The first kappa shape index (κ1) is 15.2. The lowest BCUT2D eigenvalue weighted by atomic mass is 10.0. The van der Waals surface area contributed by atoms with Crippen LogP contribution in [0.2, 0.25) is 0 Å². The highest BCUT2D eigenvalue weighted by molar-refractivity contribution is 5.30. The van der Waals surface area contributed by atoms with Crippen molar-refractivity contribution in [2.75, 3.05) is 13.2 Å². The number of aryl methyl sites for hydroxylation is 2. The Hall–Kier alpha value is -0.860. The fraction of sp³-hybridized carbons (Fsp3) is 0.625. The molecule has 0 spiro atoms. The minimum absolute atomic E-state index is 0.0114. The van der Waals surface area contributed by atoms with Crippen molar-refractivity contribution in [3.8, 4) is 0 Å². The number of rotatable bonds is 7. The Morgan fingerprint density at radius 1 is 1.11 bits per heavy atom. The van der Waals surface area contributed by atoms with Gasteiger partial charge in [-0.25, -0.2) is 0 Å². The van der Waals surface area contributed by atoms with Crippen LogP contribution in [0.5, 0.6) is 0 Å². The fourth-order valence-electron chi connectivity index (χ4n) is 2.12. The molecule has 0 heterocycles. The van der Waals surface area contributed by atoms with E-state index in [9.17, 15) is 0 Å². The molecule has 2 heteroatoms. The molecule has 2 nitrogen and oxygen atoms in total. The summed E-state index contributed by atoms with van der Waals surface area (Å²) in [6.45, 7) is 10.1. The van der Waals surface area contributed by atoms with Crippen LogP contribution in [-0.4, -0.2) is 13.2 Å². The van der Waals surface area contributed by atoms with Crippen LogP contribution < -0.4 is 5.73 Å². The summed E-state index contributed by atoms with van der Waals surface area (Å²) in [5.74, 6) is 0.752. The SMILES string of the molecule is Cc1cc(C)cc(C(N)COCCCC(C)C)c1. The van der Waals surface area contributed by atoms with Gasteiger partial charge in [0.25, 0.3) is 0 Å². The highest BCUT2D eigenvalue weighted by Crippen LogP contribution is 2.15. The van der Waals surface area contributed by atoms with Crippen LogP contribution in [0, 0.1) is 19.8 Å². The van der Waals surface area contributed by atoms with Gasteiger partial charge < -0.3 is 10.5 Å². The third-order valence-corrected chi connectivity index (χ3v) is 3.04. The molecule has 1 rings (SSSR count). The maximum Gasteiger partial charge on any atom is 0.0659 e. The molecule has 0 aliphatic carbocycles. The molecular formula is C16H27NO. The van der Waals surface area contributed by atoms with Gasteiger partial charge in [0.15, 0.2) is 0 Å². The van der Waals surface area contributed by atoms with Gasteiger partial charge in [0.1, 0.15) is 0 Å². The molecule has 0 fully saturated rings. The Morgan fingerprint density at radius 2 is 1.72 bits per heavy atom. The number of benzene rings is 1. The number of ether oxygens (including phenoxy) is 1. The van der Waals surface area contributed by atoms with Crippen LogP contribution in [0.3, 0.4) is 0 Å². The molecule has 0 amide bonds. The van der Waals surface area contributed by atoms with Gasteiger partial charge >= 0.3 is 0 Å². The standard InChI is InChI=1S/C16H27NO/c1-12(2)6-5-7-18-11-16(17)15-9-13(3)8-14(4)10-15/h8-10,12,16H,5-7,11,17H2,1-4H3. The zero-order valence-electron chi connectivity index (χ0n) is 12.2. The molecule has 1 unspecified atom stereocenters. The highest BCUT2D eigenvalue weighted by atomic mass is 16.5. The van der Waals surface area contributed by atoms with E-state index in [1.165, 1.54) is 23.1 Å². The minimum atomic E-state index is -0.0114. The van der Waals surface area contributed by atoms with Crippen molar-refractivity contribution in [2.45, 2.75) is 46.6 Å². The van der Waals surface area contributed by atoms with Gasteiger partial charge in [-0.1, -0.05) is 43.2 Å². The topological polar surface area (TPSA) is 35.2 Å². The third kappa shape index (κ3) is 5.65. The average Bonchev–Trinajstić information content (AvgIpc) is 2.26. The van der Waals surface area contributed by atoms with Crippen molar-refractivity contribution in [3.63, 3.8) is 0 Å². The van der Waals surface area contributed by atoms with Gasteiger partial charge in [0.05, 0.1) is 12.6 Å². The summed E-state index contributed by atoms with van der Waals surface area (Å²) in [5, 5.41) is 0. The van der Waals surface area contributed by atoms with E-state index in [0.29, 0.717) is 6.61 Å². The predicted octanol–water partition coefficient (Wildman–Crippen LogP) is 3.76. The first-order valence-electron chi connectivity index (χ1n) is 6.90. The van der Waals surface area contributed by atoms with Gasteiger partial charge in [-0.15, -0.1) is 0 Å². The number of hydrogen-bond acceptors (Lipinski definition) is 2. The summed E-state index contributed by atoms with van der Waals surface area (Å²) >= 11 is 0. The monoisotopic (exact) mass is 249 g/mol. The smallest absolute Gasteiger partial charge is 0.0659 e. The Bertz CT molecular complexity index is 340. The number of hydrogen-bond donors (Lipinski definition) is 1. The van der Waals surface area contributed by atoms with Gasteiger partial charge in [0, 0.05) is 6.61 Å². The summed E-state index contributed by atoms with van der Waals surface area (Å²) in [6, 6.07) is 6.45. The highest BCUT2D eigenvalue weighted by Gasteiger charge is 2.07. The lowest BCUT2D eigenvalue weighted by Gasteiger charge is -2.14. The Morgan fingerprint density at radius 3 is 2.28 bits per heavy atom. The first-order valence-corrected chi connectivity index (χ1v) is 6.90. The average molecular weight is 249 g/mol. The van der Waals surface area contributed by atoms with E-state index >= 15 is 0 Å². The third-order valence-electron chi connectivity index (χ3n) is 3.04. The Labute approximate surface area is 112 Å². The van der Waals surface area contributed by atoms with E-state index in [0.717, 1.165) is 18.9 Å². The van der Waals surface area contributed by atoms with Gasteiger partial charge in [-0.2, -0.15) is 0 Å². The summed E-state index contributed by atoms with van der Waals surface area (Å²) < 4.78 is 5.65. The van der Waals surface area contributed by atoms with E-state index in [1.807, 2.05) is 0 Å². The number of nitrogens with two attached hydrogens (primary N) is 1. The molecule has 0 aliphatic rings. The molecule has 102 valence electrons. The molecule has 1 aromatic rings. The van der Waals surface area contributed by atoms with Crippen LogP contribution in [-0.2, 0) is 4.74 Å². The van der Waals surface area contributed by atoms with Crippen LogP contribution >= 0.6 is 0 Å². The van der Waals surface area contributed by atoms with Crippen molar-refractivity contribution < 1.29 is 4.74 Å². The Kier molecular flexibility index (Phi) is 6.37. The molecule has 2 N–H and O–H groups in total. The summed E-state index contributed by atoms with van der Waals surface area (Å²) in [5.41, 5.74) is 9.86. The molecule has 0 saturated heterocycles. The lowest BCUT2D eigenvalue weighted by Crippen LogP contribution is -2.18. The second-order valence-corrected chi connectivity index (χ2v) is 5.64. The van der Waals surface area contributed by atoms with Gasteiger partial charge in [-0.05, 0) is 38.2 Å². The van der Waals surface area contributed by atoms with E-state index in [2.05, 4.69) is 45.9 Å². The van der Waals surface area contributed by atoms with Crippen LogP contribution in [0.25, 0.3) is 0 Å². The molecule has 1 aromatic carbocycles.